The Bertz CT molecular complexity index is 271. The van der Waals surface area contributed by atoms with Crippen molar-refractivity contribution in [1.82, 2.24) is 5.43 Å². The summed E-state index contributed by atoms with van der Waals surface area (Å²) in [7, 11) is 0. The molecule has 0 aliphatic heterocycles. The number of nitrogens with zero attached hydrogens (tertiary/aromatic N) is 1. The van der Waals surface area contributed by atoms with Gasteiger partial charge in [0.25, 0.3) is 0 Å². The number of hydrogen-bond donors (Lipinski definition) is 2. The first kappa shape index (κ1) is 17.4. The monoisotopic (exact) mass is 297 g/mol. The zero-order valence-electron chi connectivity index (χ0n) is 12.8. The number of thiocarbonyl (C=S) groups is 1. The van der Waals surface area contributed by atoms with Crippen molar-refractivity contribution in [3.63, 3.8) is 0 Å². The van der Waals surface area contributed by atoms with E-state index in [4.69, 9.17) is 18.0 Å². The van der Waals surface area contributed by atoms with Crippen molar-refractivity contribution < 1.29 is 0 Å². The fourth-order valence-corrected chi connectivity index (χ4v) is 2.84. The van der Waals surface area contributed by atoms with Gasteiger partial charge in [0, 0.05) is 5.71 Å². The first-order valence-electron chi connectivity index (χ1n) is 8.40. The zero-order chi connectivity index (χ0) is 14.5. The summed E-state index contributed by atoms with van der Waals surface area (Å²) in [5, 5.41) is 4.64. The van der Waals surface area contributed by atoms with Crippen molar-refractivity contribution in [1.29, 1.82) is 0 Å². The molecular weight excluding hydrogens is 266 g/mol. The van der Waals surface area contributed by atoms with Crippen molar-refractivity contribution in [2.75, 3.05) is 0 Å². The Hall–Kier alpha value is -0.640. The summed E-state index contributed by atoms with van der Waals surface area (Å²) in [6.45, 7) is 0. The second-order valence-electron chi connectivity index (χ2n) is 5.90. The van der Waals surface area contributed by atoms with Gasteiger partial charge in [-0.05, 0) is 37.9 Å². The molecule has 1 saturated carbocycles. The van der Waals surface area contributed by atoms with Gasteiger partial charge in [-0.15, -0.1) is 0 Å². The first-order chi connectivity index (χ1) is 9.79. The van der Waals surface area contributed by atoms with Gasteiger partial charge in [0.15, 0.2) is 5.11 Å². The summed E-state index contributed by atoms with van der Waals surface area (Å²) >= 11 is 4.82. The number of hydrazone groups is 1. The predicted molar refractivity (Wildman–Crippen MR) is 92.0 cm³/mol. The molecule has 116 valence electrons. The number of hydrogen-bond acceptors (Lipinski definition) is 2. The van der Waals surface area contributed by atoms with Crippen LogP contribution in [-0.4, -0.2) is 10.8 Å². The standard InChI is InChI=1S/C16H31N3S/c17-16(20)19-18-15-13-11-9-7-5-3-1-2-4-6-8-10-12-14-15/h1-14H2,(H3,17,19,20). The molecule has 1 aliphatic rings. The summed E-state index contributed by atoms with van der Waals surface area (Å²) in [6.07, 6.45) is 18.6. The van der Waals surface area contributed by atoms with Crippen LogP contribution in [0, 0.1) is 0 Å². The fraction of sp³-hybridized carbons (Fsp3) is 0.875. The zero-order valence-corrected chi connectivity index (χ0v) is 13.6. The summed E-state index contributed by atoms with van der Waals surface area (Å²) in [5.41, 5.74) is 9.45. The lowest BCUT2D eigenvalue weighted by molar-refractivity contribution is 0.548. The summed E-state index contributed by atoms with van der Waals surface area (Å²) in [5.74, 6) is 0. The topological polar surface area (TPSA) is 50.4 Å². The summed E-state index contributed by atoms with van der Waals surface area (Å²) < 4.78 is 0. The van der Waals surface area contributed by atoms with Gasteiger partial charge >= 0.3 is 0 Å². The van der Waals surface area contributed by atoms with Crippen LogP contribution < -0.4 is 11.2 Å². The highest BCUT2D eigenvalue weighted by atomic mass is 32.1. The molecule has 3 N–H and O–H groups in total. The van der Waals surface area contributed by atoms with Crippen LogP contribution in [0.25, 0.3) is 0 Å². The molecule has 0 spiro atoms. The second-order valence-corrected chi connectivity index (χ2v) is 6.34. The molecule has 0 radical (unpaired) electrons. The van der Waals surface area contributed by atoms with E-state index in [2.05, 4.69) is 10.5 Å². The highest BCUT2D eigenvalue weighted by Crippen LogP contribution is 2.15. The molecule has 1 aliphatic carbocycles. The highest BCUT2D eigenvalue weighted by Gasteiger charge is 2.02. The molecule has 0 saturated heterocycles. The smallest absolute Gasteiger partial charge is 0.184 e. The van der Waals surface area contributed by atoms with Crippen molar-refractivity contribution in [2.24, 2.45) is 10.8 Å². The molecule has 20 heavy (non-hydrogen) atoms. The van der Waals surface area contributed by atoms with Crippen LogP contribution in [-0.2, 0) is 0 Å². The van der Waals surface area contributed by atoms with E-state index in [1.165, 1.54) is 82.8 Å². The number of nitrogens with two attached hydrogens (primary N) is 1. The summed E-state index contributed by atoms with van der Waals surface area (Å²) in [6, 6.07) is 0. The number of rotatable bonds is 1. The third kappa shape index (κ3) is 10.2. The van der Waals surface area contributed by atoms with Gasteiger partial charge < -0.3 is 5.73 Å². The molecule has 0 aromatic rings. The van der Waals surface area contributed by atoms with E-state index in [1.807, 2.05) is 0 Å². The first-order valence-corrected chi connectivity index (χ1v) is 8.81. The average molecular weight is 298 g/mol. The third-order valence-electron chi connectivity index (χ3n) is 4.00. The highest BCUT2D eigenvalue weighted by molar-refractivity contribution is 7.80. The minimum absolute atomic E-state index is 0.272. The SMILES string of the molecule is NC(=S)NN=C1CCCCCCCCCCCCCC1. The van der Waals surface area contributed by atoms with E-state index >= 15 is 0 Å². The van der Waals surface area contributed by atoms with Gasteiger partial charge in [-0.25, -0.2) is 0 Å². The molecule has 4 heteroatoms. The van der Waals surface area contributed by atoms with Crippen LogP contribution in [0.5, 0.6) is 0 Å². The van der Waals surface area contributed by atoms with Crippen molar-refractivity contribution in [2.45, 2.75) is 89.9 Å². The van der Waals surface area contributed by atoms with Crippen molar-refractivity contribution >= 4 is 23.0 Å². The molecule has 1 fully saturated rings. The lowest BCUT2D eigenvalue weighted by Gasteiger charge is -2.07. The normalized spacial score (nSPS) is 20.5. The van der Waals surface area contributed by atoms with E-state index in [0.717, 1.165) is 12.8 Å². The molecule has 3 nitrogen and oxygen atoms in total. The molecule has 0 heterocycles. The minimum Gasteiger partial charge on any atom is -0.375 e. The van der Waals surface area contributed by atoms with Crippen molar-refractivity contribution in [3.8, 4) is 0 Å². The third-order valence-corrected chi connectivity index (χ3v) is 4.10. The lowest BCUT2D eigenvalue weighted by Crippen LogP contribution is -2.25. The van der Waals surface area contributed by atoms with Crippen LogP contribution in [0.1, 0.15) is 89.9 Å². The molecule has 1 rings (SSSR count). The molecule has 0 atom stereocenters. The Morgan fingerprint density at radius 2 is 1.10 bits per heavy atom. The van der Waals surface area contributed by atoms with E-state index in [-0.39, 0.29) is 5.11 Å². The predicted octanol–water partition coefficient (Wildman–Crippen LogP) is 4.65. The maximum absolute atomic E-state index is 5.45. The van der Waals surface area contributed by atoms with Crippen LogP contribution in [0.2, 0.25) is 0 Å². The molecule has 0 aromatic heterocycles. The van der Waals surface area contributed by atoms with Gasteiger partial charge in [0.2, 0.25) is 0 Å². The van der Waals surface area contributed by atoms with E-state index in [9.17, 15) is 0 Å². The Balaban J connectivity index is 2.35. The Kier molecular flexibility index (Phi) is 10.6. The molecule has 0 amide bonds. The number of nitrogens with one attached hydrogen (secondary N) is 1. The van der Waals surface area contributed by atoms with Gasteiger partial charge in [-0.1, -0.05) is 64.2 Å². The minimum atomic E-state index is 0.272. The maximum Gasteiger partial charge on any atom is 0.184 e. The van der Waals surface area contributed by atoms with Crippen molar-refractivity contribution in [3.05, 3.63) is 0 Å². The van der Waals surface area contributed by atoms with Gasteiger partial charge in [0.05, 0.1) is 0 Å². The van der Waals surface area contributed by atoms with E-state index in [0.29, 0.717) is 0 Å². The Morgan fingerprint density at radius 1 is 0.750 bits per heavy atom. The Morgan fingerprint density at radius 3 is 1.45 bits per heavy atom. The average Bonchev–Trinajstić information content (AvgIpc) is 2.44. The molecule has 0 aromatic carbocycles. The van der Waals surface area contributed by atoms with E-state index < -0.39 is 0 Å². The summed E-state index contributed by atoms with van der Waals surface area (Å²) in [4.78, 5) is 0. The largest absolute Gasteiger partial charge is 0.375 e. The maximum atomic E-state index is 5.45. The van der Waals surface area contributed by atoms with Crippen LogP contribution in [0.3, 0.4) is 0 Å². The van der Waals surface area contributed by atoms with Crippen LogP contribution in [0.4, 0.5) is 0 Å². The molecule has 0 bridgehead atoms. The van der Waals surface area contributed by atoms with Gasteiger partial charge in [-0.2, -0.15) is 5.10 Å². The lowest BCUT2D eigenvalue weighted by atomic mass is 10.0. The second kappa shape index (κ2) is 12.1. The van der Waals surface area contributed by atoms with Crippen LogP contribution in [0.15, 0.2) is 5.10 Å². The molecular formula is C16H31N3S. The van der Waals surface area contributed by atoms with Crippen LogP contribution >= 0.6 is 12.2 Å². The quantitative estimate of drug-likeness (QED) is 0.547. The molecule has 0 unspecified atom stereocenters. The van der Waals surface area contributed by atoms with E-state index in [1.54, 1.807) is 0 Å². The Labute approximate surface area is 129 Å². The fourth-order valence-electron chi connectivity index (χ4n) is 2.80. The van der Waals surface area contributed by atoms with Gasteiger partial charge in [0.1, 0.15) is 0 Å². The van der Waals surface area contributed by atoms with Gasteiger partial charge in [-0.3, -0.25) is 5.43 Å².